The lowest BCUT2D eigenvalue weighted by Crippen LogP contribution is -2.37. The van der Waals surface area contributed by atoms with Crippen molar-refractivity contribution in [2.45, 2.75) is 49.1 Å². The van der Waals surface area contributed by atoms with Crippen molar-refractivity contribution in [3.05, 3.63) is 66.4 Å². The first-order valence-corrected chi connectivity index (χ1v) is 14.4. The van der Waals surface area contributed by atoms with E-state index in [1.54, 1.807) is 0 Å². The van der Waals surface area contributed by atoms with Gasteiger partial charge in [-0.3, -0.25) is 0 Å². The number of hydrogen-bond acceptors (Lipinski definition) is 6. The fraction of sp³-hybridized carbons (Fsp3) is 0.375. The maximum absolute atomic E-state index is 13.7. The molecule has 0 aliphatic rings. The second-order valence-corrected chi connectivity index (χ2v) is 11.5. The number of fused-ring (bicyclic) bond motifs is 1. The molecule has 1 aromatic heterocycles. The van der Waals surface area contributed by atoms with E-state index in [2.05, 4.69) is 17.2 Å². The van der Waals surface area contributed by atoms with Gasteiger partial charge in [0.25, 0.3) is 10.0 Å². The van der Waals surface area contributed by atoms with Crippen molar-refractivity contribution in [2.24, 2.45) is 5.14 Å². The second kappa shape index (κ2) is 11.9. The number of pyridine rings is 1. The summed E-state index contributed by atoms with van der Waals surface area (Å²) in [5.74, 6) is 0. The Kier molecular flexibility index (Phi) is 9.15. The number of aromatic nitrogens is 1. The summed E-state index contributed by atoms with van der Waals surface area (Å²) in [5, 5.41) is 8.77. The summed E-state index contributed by atoms with van der Waals surface area (Å²) in [5.41, 5.74) is 1.12. The van der Waals surface area contributed by atoms with Gasteiger partial charge in [-0.05, 0) is 24.1 Å². The van der Waals surface area contributed by atoms with Gasteiger partial charge in [0.15, 0.2) is 5.03 Å². The first-order chi connectivity index (χ1) is 16.2. The molecule has 0 bridgehead atoms. The predicted octanol–water partition coefficient (Wildman–Crippen LogP) is 3.24. The molecule has 0 aliphatic heterocycles. The van der Waals surface area contributed by atoms with Gasteiger partial charge >= 0.3 is 0 Å². The molecule has 0 aliphatic carbocycles. The first kappa shape index (κ1) is 26.2. The average Bonchev–Trinajstić information content (AvgIpc) is 2.82. The van der Waals surface area contributed by atoms with Crippen molar-refractivity contribution in [3.63, 3.8) is 0 Å². The average molecular weight is 505 g/mol. The van der Waals surface area contributed by atoms with Gasteiger partial charge in [0.1, 0.15) is 0 Å². The van der Waals surface area contributed by atoms with Gasteiger partial charge in [-0.2, -0.15) is 4.31 Å². The number of sulfonamides is 2. The van der Waals surface area contributed by atoms with Gasteiger partial charge in [-0.15, -0.1) is 0 Å². The van der Waals surface area contributed by atoms with Gasteiger partial charge in [0.05, 0.1) is 4.90 Å². The SMILES string of the molecule is CCCCCCN(CCNCc1ccccc1)S(=O)(=O)c1cccc2c(S(N)(=O)=O)nccc12. The molecular formula is C24H32N4O4S2. The topological polar surface area (TPSA) is 122 Å². The molecule has 0 amide bonds. The number of rotatable bonds is 13. The molecule has 0 saturated heterocycles. The Balaban J connectivity index is 1.87. The zero-order valence-corrected chi connectivity index (χ0v) is 21.0. The first-order valence-electron chi connectivity index (χ1n) is 11.4. The van der Waals surface area contributed by atoms with E-state index in [1.165, 1.54) is 34.8 Å². The number of primary sulfonamides is 1. The van der Waals surface area contributed by atoms with Gasteiger partial charge in [0, 0.05) is 43.1 Å². The quantitative estimate of drug-likeness (QED) is 0.345. The third-order valence-electron chi connectivity index (χ3n) is 5.59. The molecular weight excluding hydrogens is 472 g/mol. The van der Waals surface area contributed by atoms with E-state index in [0.717, 1.165) is 31.2 Å². The van der Waals surface area contributed by atoms with Crippen LogP contribution < -0.4 is 10.5 Å². The third kappa shape index (κ3) is 6.61. The molecule has 0 fully saturated rings. The van der Waals surface area contributed by atoms with Gasteiger partial charge in [-0.25, -0.2) is 27.0 Å². The number of unbranched alkanes of at least 4 members (excludes halogenated alkanes) is 3. The van der Waals surface area contributed by atoms with Crippen LogP contribution >= 0.6 is 0 Å². The van der Waals surface area contributed by atoms with E-state index in [9.17, 15) is 16.8 Å². The normalized spacial score (nSPS) is 12.4. The van der Waals surface area contributed by atoms with E-state index in [-0.39, 0.29) is 20.7 Å². The Morgan fingerprint density at radius 2 is 1.65 bits per heavy atom. The van der Waals surface area contributed by atoms with Crippen LogP contribution in [0, 0.1) is 0 Å². The smallest absolute Gasteiger partial charge is 0.256 e. The molecule has 0 unspecified atom stereocenters. The highest BCUT2D eigenvalue weighted by molar-refractivity contribution is 7.89. The summed E-state index contributed by atoms with van der Waals surface area (Å²) in [6.45, 7) is 3.91. The van der Waals surface area contributed by atoms with Crippen molar-refractivity contribution < 1.29 is 16.8 Å². The van der Waals surface area contributed by atoms with Crippen molar-refractivity contribution >= 4 is 30.8 Å². The lowest BCUT2D eigenvalue weighted by molar-refractivity contribution is 0.392. The number of nitrogens with one attached hydrogen (secondary N) is 1. The highest BCUT2D eigenvalue weighted by Gasteiger charge is 2.27. The van der Waals surface area contributed by atoms with Crippen LogP contribution in [0.4, 0.5) is 0 Å². The molecule has 0 spiro atoms. The summed E-state index contributed by atoms with van der Waals surface area (Å²) in [4.78, 5) is 3.93. The molecule has 10 heteroatoms. The van der Waals surface area contributed by atoms with Crippen LogP contribution in [0.2, 0.25) is 0 Å². The van der Waals surface area contributed by atoms with E-state index >= 15 is 0 Å². The van der Waals surface area contributed by atoms with Crippen molar-refractivity contribution in [2.75, 3.05) is 19.6 Å². The Bertz CT molecular complexity index is 1300. The molecule has 3 rings (SSSR count). The van der Waals surface area contributed by atoms with Gasteiger partial charge in [0.2, 0.25) is 10.0 Å². The predicted molar refractivity (Wildman–Crippen MR) is 134 cm³/mol. The lowest BCUT2D eigenvalue weighted by Gasteiger charge is -2.23. The molecule has 184 valence electrons. The fourth-order valence-corrected chi connectivity index (χ4v) is 6.22. The van der Waals surface area contributed by atoms with Gasteiger partial charge in [-0.1, -0.05) is 68.7 Å². The zero-order valence-electron chi connectivity index (χ0n) is 19.4. The molecule has 3 N–H and O–H groups in total. The van der Waals surface area contributed by atoms with E-state index < -0.39 is 20.0 Å². The molecule has 1 heterocycles. The summed E-state index contributed by atoms with van der Waals surface area (Å²) in [6, 6.07) is 16.0. The largest absolute Gasteiger partial charge is 0.311 e. The summed E-state index contributed by atoms with van der Waals surface area (Å²) >= 11 is 0. The zero-order chi connectivity index (χ0) is 24.6. The van der Waals surface area contributed by atoms with Crippen molar-refractivity contribution in [3.8, 4) is 0 Å². The van der Waals surface area contributed by atoms with Crippen LogP contribution in [0.25, 0.3) is 10.8 Å². The molecule has 8 nitrogen and oxygen atoms in total. The number of hydrogen-bond donors (Lipinski definition) is 2. The van der Waals surface area contributed by atoms with Crippen LogP contribution in [0.5, 0.6) is 0 Å². The second-order valence-electron chi connectivity index (χ2n) is 8.14. The van der Waals surface area contributed by atoms with E-state index in [1.807, 2.05) is 30.3 Å². The number of benzene rings is 2. The molecule has 0 radical (unpaired) electrons. The fourth-order valence-electron chi connectivity index (χ4n) is 3.84. The maximum atomic E-state index is 13.7. The monoisotopic (exact) mass is 504 g/mol. The molecule has 0 saturated carbocycles. The maximum Gasteiger partial charge on any atom is 0.256 e. The van der Waals surface area contributed by atoms with E-state index in [4.69, 9.17) is 5.14 Å². The molecule has 34 heavy (non-hydrogen) atoms. The highest BCUT2D eigenvalue weighted by Crippen LogP contribution is 2.28. The van der Waals surface area contributed by atoms with Crippen LogP contribution in [0.15, 0.2) is 70.7 Å². The minimum Gasteiger partial charge on any atom is -0.311 e. The van der Waals surface area contributed by atoms with Crippen LogP contribution in [-0.4, -0.2) is 45.8 Å². The Hall–Kier alpha value is -2.37. The molecule has 2 aromatic carbocycles. The third-order valence-corrected chi connectivity index (χ3v) is 8.41. The summed E-state index contributed by atoms with van der Waals surface area (Å²) in [7, 11) is -8.00. The van der Waals surface area contributed by atoms with E-state index in [0.29, 0.717) is 26.2 Å². The number of nitrogens with zero attached hydrogens (tertiary/aromatic N) is 2. The lowest BCUT2D eigenvalue weighted by atomic mass is 10.2. The minimum absolute atomic E-state index is 0.0517. The summed E-state index contributed by atoms with van der Waals surface area (Å²) in [6.07, 6.45) is 5.05. The summed E-state index contributed by atoms with van der Waals surface area (Å²) < 4.78 is 52.9. The van der Waals surface area contributed by atoms with Crippen LogP contribution in [-0.2, 0) is 26.6 Å². The standard InChI is InChI=1S/C24H32N4O4S2/c1-2-3-4-8-17-28(18-16-26-19-20-10-6-5-7-11-20)34(31,32)23-13-9-12-22-21(23)14-15-27-24(22)33(25,29)30/h5-7,9-15,26H,2-4,8,16-19H2,1H3,(H2,25,29,30). The molecule has 3 aromatic rings. The van der Waals surface area contributed by atoms with Crippen molar-refractivity contribution in [1.29, 1.82) is 0 Å². The Labute approximate surface area is 202 Å². The van der Waals surface area contributed by atoms with Gasteiger partial charge < -0.3 is 5.32 Å². The number of nitrogens with two attached hydrogens (primary N) is 1. The molecule has 0 atom stereocenters. The van der Waals surface area contributed by atoms with Crippen LogP contribution in [0.3, 0.4) is 0 Å². The highest BCUT2D eigenvalue weighted by atomic mass is 32.2. The minimum atomic E-state index is -4.11. The van der Waals surface area contributed by atoms with Crippen LogP contribution in [0.1, 0.15) is 38.2 Å². The Morgan fingerprint density at radius 3 is 2.35 bits per heavy atom. The van der Waals surface area contributed by atoms with Crippen molar-refractivity contribution in [1.82, 2.24) is 14.6 Å². The Morgan fingerprint density at radius 1 is 0.882 bits per heavy atom.